The molecular formula is C17H23NO4S. The third-order valence-electron chi connectivity index (χ3n) is 4.51. The normalized spacial score (nSPS) is 22.3. The first kappa shape index (κ1) is 17.7. The summed E-state index contributed by atoms with van der Waals surface area (Å²) in [6, 6.07) is 5.62. The second-order valence-electron chi connectivity index (χ2n) is 6.18. The molecule has 0 bridgehead atoms. The second-order valence-corrected chi connectivity index (χ2v) is 7.62. The van der Waals surface area contributed by atoms with Crippen LogP contribution in [-0.2, 0) is 26.1 Å². The Bertz CT molecular complexity index is 621. The molecule has 1 aromatic rings. The standard InChI is InChI=1S/C17H23NO4S/c1-11-14(10-23(2)22)4-3-5-15(11)18-16(19)12-6-8-13(9-7-12)17(20)21/h3-5,12-13H,6-10H2,1-2H3,(H,18,19)(H,20,21). The van der Waals surface area contributed by atoms with E-state index in [1.807, 2.05) is 25.1 Å². The quantitative estimate of drug-likeness (QED) is 0.865. The molecule has 1 amide bonds. The van der Waals surface area contributed by atoms with Gasteiger partial charge in [0, 0.05) is 34.4 Å². The van der Waals surface area contributed by atoms with Gasteiger partial charge in [-0.2, -0.15) is 0 Å². The molecule has 1 atom stereocenters. The van der Waals surface area contributed by atoms with Crippen LogP contribution in [0.4, 0.5) is 5.69 Å². The van der Waals surface area contributed by atoms with Crippen molar-refractivity contribution in [3.8, 4) is 0 Å². The Morgan fingerprint density at radius 3 is 2.39 bits per heavy atom. The largest absolute Gasteiger partial charge is 0.481 e. The number of benzene rings is 1. The van der Waals surface area contributed by atoms with Crippen LogP contribution in [0.5, 0.6) is 0 Å². The number of carboxylic acid groups (broad SMARTS) is 1. The average molecular weight is 337 g/mol. The fourth-order valence-corrected chi connectivity index (χ4v) is 3.78. The van der Waals surface area contributed by atoms with Gasteiger partial charge in [-0.25, -0.2) is 0 Å². The summed E-state index contributed by atoms with van der Waals surface area (Å²) in [6.45, 7) is 1.92. The number of aliphatic carboxylic acids is 1. The van der Waals surface area contributed by atoms with Crippen molar-refractivity contribution in [2.45, 2.75) is 38.4 Å². The van der Waals surface area contributed by atoms with E-state index in [2.05, 4.69) is 5.32 Å². The first-order chi connectivity index (χ1) is 10.9. The lowest BCUT2D eigenvalue weighted by Crippen LogP contribution is -2.29. The topological polar surface area (TPSA) is 83.5 Å². The summed E-state index contributed by atoms with van der Waals surface area (Å²) in [4.78, 5) is 23.4. The molecule has 0 saturated heterocycles. The van der Waals surface area contributed by atoms with Crippen molar-refractivity contribution in [3.05, 3.63) is 29.3 Å². The van der Waals surface area contributed by atoms with Crippen LogP contribution in [0, 0.1) is 18.8 Å². The number of carbonyl (C=O) groups excluding carboxylic acids is 1. The van der Waals surface area contributed by atoms with Gasteiger partial charge >= 0.3 is 5.97 Å². The number of rotatable bonds is 5. The van der Waals surface area contributed by atoms with Gasteiger partial charge in [-0.1, -0.05) is 12.1 Å². The molecule has 1 aliphatic carbocycles. The van der Waals surface area contributed by atoms with Gasteiger partial charge in [0.1, 0.15) is 0 Å². The second kappa shape index (κ2) is 7.73. The molecule has 6 heteroatoms. The van der Waals surface area contributed by atoms with Gasteiger partial charge in [0.2, 0.25) is 5.91 Å². The molecule has 2 N–H and O–H groups in total. The first-order valence-corrected chi connectivity index (χ1v) is 9.53. The van der Waals surface area contributed by atoms with E-state index in [9.17, 15) is 13.8 Å². The van der Waals surface area contributed by atoms with E-state index in [4.69, 9.17) is 5.11 Å². The van der Waals surface area contributed by atoms with Gasteiger partial charge < -0.3 is 10.4 Å². The third-order valence-corrected chi connectivity index (χ3v) is 5.23. The lowest BCUT2D eigenvalue weighted by molar-refractivity contribution is -0.143. The molecule has 0 aromatic heterocycles. The SMILES string of the molecule is Cc1c(CS(C)=O)cccc1NC(=O)C1CCC(C(=O)O)CC1. The third kappa shape index (κ3) is 4.64. The van der Waals surface area contributed by atoms with Crippen LogP contribution in [0.15, 0.2) is 18.2 Å². The van der Waals surface area contributed by atoms with Crippen LogP contribution in [-0.4, -0.2) is 27.4 Å². The molecule has 126 valence electrons. The van der Waals surface area contributed by atoms with Gasteiger partial charge in [0.25, 0.3) is 0 Å². The van der Waals surface area contributed by atoms with E-state index in [1.54, 1.807) is 6.26 Å². The highest BCUT2D eigenvalue weighted by Crippen LogP contribution is 2.30. The predicted molar refractivity (Wildman–Crippen MR) is 90.7 cm³/mol. The van der Waals surface area contributed by atoms with Crippen molar-refractivity contribution in [1.82, 2.24) is 0 Å². The van der Waals surface area contributed by atoms with Crippen LogP contribution < -0.4 is 5.32 Å². The predicted octanol–water partition coefficient (Wildman–Crippen LogP) is 2.70. The first-order valence-electron chi connectivity index (χ1n) is 7.80. The Kier molecular flexibility index (Phi) is 5.93. The van der Waals surface area contributed by atoms with Gasteiger partial charge in [0.15, 0.2) is 0 Å². The zero-order valence-electron chi connectivity index (χ0n) is 13.5. The van der Waals surface area contributed by atoms with Crippen molar-refractivity contribution >= 4 is 28.4 Å². The van der Waals surface area contributed by atoms with Gasteiger partial charge in [-0.05, 0) is 49.8 Å². The zero-order valence-corrected chi connectivity index (χ0v) is 14.3. The summed E-state index contributed by atoms with van der Waals surface area (Å²) in [7, 11) is -0.929. The molecule has 1 unspecified atom stereocenters. The highest BCUT2D eigenvalue weighted by atomic mass is 32.2. The lowest BCUT2D eigenvalue weighted by atomic mass is 9.81. The number of amides is 1. The zero-order chi connectivity index (χ0) is 17.0. The van der Waals surface area contributed by atoms with Crippen molar-refractivity contribution in [3.63, 3.8) is 0 Å². The monoisotopic (exact) mass is 337 g/mol. The van der Waals surface area contributed by atoms with Crippen LogP contribution >= 0.6 is 0 Å². The fraction of sp³-hybridized carbons (Fsp3) is 0.529. The summed E-state index contributed by atoms with van der Waals surface area (Å²) >= 11 is 0. The van der Waals surface area contributed by atoms with Gasteiger partial charge in [0.05, 0.1) is 5.92 Å². The molecule has 1 fully saturated rings. The van der Waals surface area contributed by atoms with E-state index in [0.717, 1.165) is 16.8 Å². The Balaban J connectivity index is 2.01. The molecule has 2 rings (SSSR count). The summed E-state index contributed by atoms with van der Waals surface area (Å²) in [5.41, 5.74) is 2.66. The summed E-state index contributed by atoms with van der Waals surface area (Å²) in [5, 5.41) is 12.0. The van der Waals surface area contributed by atoms with Crippen LogP contribution in [0.1, 0.15) is 36.8 Å². The van der Waals surface area contributed by atoms with Crippen LogP contribution in [0.25, 0.3) is 0 Å². The highest BCUT2D eigenvalue weighted by molar-refractivity contribution is 7.83. The van der Waals surface area contributed by atoms with Gasteiger partial charge in [-0.15, -0.1) is 0 Å². The average Bonchev–Trinajstić information content (AvgIpc) is 2.51. The minimum absolute atomic E-state index is 0.0493. The molecule has 0 aliphatic heterocycles. The Hall–Kier alpha value is -1.69. The maximum Gasteiger partial charge on any atom is 0.306 e. The Morgan fingerprint density at radius 1 is 1.22 bits per heavy atom. The van der Waals surface area contributed by atoms with E-state index < -0.39 is 16.8 Å². The molecular weight excluding hydrogens is 314 g/mol. The molecule has 0 heterocycles. The fourth-order valence-electron chi connectivity index (χ4n) is 3.03. The maximum atomic E-state index is 12.4. The Labute approximate surface area is 138 Å². The van der Waals surface area contributed by atoms with Crippen molar-refractivity contribution in [1.29, 1.82) is 0 Å². The molecule has 1 aliphatic rings. The number of hydrogen-bond acceptors (Lipinski definition) is 3. The molecule has 5 nitrogen and oxygen atoms in total. The van der Waals surface area contributed by atoms with E-state index in [0.29, 0.717) is 31.4 Å². The van der Waals surface area contributed by atoms with Gasteiger partial charge in [-0.3, -0.25) is 13.8 Å². The minimum Gasteiger partial charge on any atom is -0.481 e. The highest BCUT2D eigenvalue weighted by Gasteiger charge is 2.29. The number of nitrogens with one attached hydrogen (secondary N) is 1. The molecule has 0 radical (unpaired) electrons. The van der Waals surface area contributed by atoms with E-state index in [-0.39, 0.29) is 17.7 Å². The smallest absolute Gasteiger partial charge is 0.306 e. The number of carboxylic acids is 1. The van der Waals surface area contributed by atoms with Crippen LogP contribution in [0.2, 0.25) is 0 Å². The number of hydrogen-bond donors (Lipinski definition) is 2. The molecule has 1 saturated carbocycles. The number of anilines is 1. The minimum atomic E-state index is -0.929. The summed E-state index contributed by atoms with van der Waals surface area (Å²) in [6.07, 6.45) is 4.00. The van der Waals surface area contributed by atoms with E-state index >= 15 is 0 Å². The molecule has 23 heavy (non-hydrogen) atoms. The van der Waals surface area contributed by atoms with Crippen LogP contribution in [0.3, 0.4) is 0 Å². The Morgan fingerprint density at radius 2 is 1.83 bits per heavy atom. The van der Waals surface area contributed by atoms with E-state index in [1.165, 1.54) is 0 Å². The molecule has 1 aromatic carbocycles. The molecule has 0 spiro atoms. The lowest BCUT2D eigenvalue weighted by Gasteiger charge is -2.25. The summed E-state index contributed by atoms with van der Waals surface area (Å²) < 4.78 is 11.4. The van der Waals surface area contributed by atoms with Crippen molar-refractivity contribution in [2.75, 3.05) is 11.6 Å². The van der Waals surface area contributed by atoms with Crippen molar-refractivity contribution < 1.29 is 18.9 Å². The van der Waals surface area contributed by atoms with Crippen molar-refractivity contribution in [2.24, 2.45) is 11.8 Å². The maximum absolute atomic E-state index is 12.4. The number of carbonyl (C=O) groups is 2. The summed E-state index contributed by atoms with van der Waals surface area (Å²) in [5.74, 6) is -0.788.